The Labute approximate surface area is 180 Å². The Morgan fingerprint density at radius 1 is 1.10 bits per heavy atom. The largest absolute Gasteiger partial charge is 0.496 e. The van der Waals surface area contributed by atoms with Gasteiger partial charge in [0.25, 0.3) is 0 Å². The van der Waals surface area contributed by atoms with Crippen molar-refractivity contribution in [3.05, 3.63) is 59.2 Å². The molecule has 0 aliphatic carbocycles. The summed E-state index contributed by atoms with van der Waals surface area (Å²) in [6.07, 6.45) is 0.878. The molecule has 2 N–H and O–H groups in total. The van der Waals surface area contributed by atoms with Crippen LogP contribution in [0.4, 0.5) is 5.69 Å². The Morgan fingerprint density at radius 3 is 2.57 bits per heavy atom. The van der Waals surface area contributed by atoms with E-state index in [0.29, 0.717) is 6.54 Å². The fourth-order valence-electron chi connectivity index (χ4n) is 3.56. The molecule has 2 aromatic rings. The summed E-state index contributed by atoms with van der Waals surface area (Å²) in [6.45, 7) is 9.97. The smallest absolute Gasteiger partial charge is 0.191 e. The van der Waals surface area contributed by atoms with Crippen LogP contribution in [0.3, 0.4) is 0 Å². The van der Waals surface area contributed by atoms with Crippen molar-refractivity contribution in [3.63, 3.8) is 0 Å². The molecule has 162 valence electrons. The first-order valence-corrected chi connectivity index (χ1v) is 10.8. The minimum absolute atomic E-state index is 0.645. The number of hydrogen-bond acceptors (Lipinski definition) is 4. The van der Waals surface area contributed by atoms with Crippen LogP contribution in [-0.2, 0) is 17.7 Å². The van der Waals surface area contributed by atoms with Crippen LogP contribution in [0.1, 0.15) is 23.6 Å². The SMILES string of the molecule is CCNC(=NCc1ccc(N2CCOCC2)cc1)NCCc1cc(C)ccc1OC. The lowest BCUT2D eigenvalue weighted by Crippen LogP contribution is -2.38. The van der Waals surface area contributed by atoms with Crippen molar-refractivity contribution in [3.8, 4) is 5.75 Å². The Balaban J connectivity index is 1.54. The van der Waals surface area contributed by atoms with Crippen LogP contribution < -0.4 is 20.3 Å². The minimum Gasteiger partial charge on any atom is -0.496 e. The van der Waals surface area contributed by atoms with E-state index in [-0.39, 0.29) is 0 Å². The highest BCUT2D eigenvalue weighted by atomic mass is 16.5. The molecule has 6 heteroatoms. The van der Waals surface area contributed by atoms with Crippen molar-refractivity contribution in [2.75, 3.05) is 51.4 Å². The van der Waals surface area contributed by atoms with Crippen molar-refractivity contribution in [2.24, 2.45) is 4.99 Å². The number of aryl methyl sites for hydroxylation is 1. The highest BCUT2D eigenvalue weighted by Crippen LogP contribution is 2.20. The summed E-state index contributed by atoms with van der Waals surface area (Å²) in [5, 5.41) is 6.76. The third-order valence-corrected chi connectivity index (χ3v) is 5.20. The molecule has 0 aromatic heterocycles. The topological polar surface area (TPSA) is 58.1 Å². The van der Waals surface area contributed by atoms with Gasteiger partial charge in [-0.1, -0.05) is 29.8 Å². The maximum Gasteiger partial charge on any atom is 0.191 e. The first-order chi connectivity index (χ1) is 14.7. The highest BCUT2D eigenvalue weighted by molar-refractivity contribution is 5.79. The number of aliphatic imine (C=N–C) groups is 1. The third kappa shape index (κ3) is 6.39. The molecule has 0 saturated carbocycles. The summed E-state index contributed by atoms with van der Waals surface area (Å²) in [7, 11) is 1.72. The number of guanidine groups is 1. The van der Waals surface area contributed by atoms with Gasteiger partial charge in [0.15, 0.2) is 5.96 Å². The van der Waals surface area contributed by atoms with Crippen molar-refractivity contribution < 1.29 is 9.47 Å². The molecular weight excluding hydrogens is 376 g/mol. The number of anilines is 1. The van der Waals surface area contributed by atoms with Gasteiger partial charge in [-0.2, -0.15) is 0 Å². The van der Waals surface area contributed by atoms with E-state index in [1.807, 2.05) is 6.07 Å². The van der Waals surface area contributed by atoms with Crippen molar-refractivity contribution >= 4 is 11.6 Å². The molecule has 3 rings (SSSR count). The number of hydrogen-bond donors (Lipinski definition) is 2. The fraction of sp³-hybridized carbons (Fsp3) is 0.458. The van der Waals surface area contributed by atoms with Crippen molar-refractivity contribution in [1.82, 2.24) is 10.6 Å². The van der Waals surface area contributed by atoms with Gasteiger partial charge in [-0.3, -0.25) is 0 Å². The van der Waals surface area contributed by atoms with Gasteiger partial charge in [0, 0.05) is 31.9 Å². The van der Waals surface area contributed by atoms with Crippen molar-refractivity contribution in [1.29, 1.82) is 0 Å². The van der Waals surface area contributed by atoms with E-state index >= 15 is 0 Å². The molecule has 0 bridgehead atoms. The van der Waals surface area contributed by atoms with Gasteiger partial charge < -0.3 is 25.0 Å². The lowest BCUT2D eigenvalue weighted by atomic mass is 10.1. The van der Waals surface area contributed by atoms with Gasteiger partial charge >= 0.3 is 0 Å². The first-order valence-electron chi connectivity index (χ1n) is 10.8. The summed E-state index contributed by atoms with van der Waals surface area (Å²) in [6, 6.07) is 15.0. The number of methoxy groups -OCH3 is 1. The maximum absolute atomic E-state index is 5.48. The molecule has 1 heterocycles. The molecule has 1 aliphatic rings. The average molecular weight is 411 g/mol. The molecule has 0 unspecified atom stereocenters. The number of ether oxygens (including phenoxy) is 2. The molecule has 1 aliphatic heterocycles. The number of benzene rings is 2. The van der Waals surface area contributed by atoms with Crippen LogP contribution in [0, 0.1) is 6.92 Å². The zero-order chi connectivity index (χ0) is 21.2. The normalized spacial score (nSPS) is 14.5. The Kier molecular flexibility index (Phi) is 8.39. The molecule has 0 amide bonds. The van der Waals surface area contributed by atoms with E-state index in [9.17, 15) is 0 Å². The zero-order valence-corrected chi connectivity index (χ0v) is 18.4. The predicted molar refractivity (Wildman–Crippen MR) is 124 cm³/mol. The first kappa shape index (κ1) is 22.0. The van der Waals surface area contributed by atoms with E-state index in [4.69, 9.17) is 14.5 Å². The van der Waals surface area contributed by atoms with Gasteiger partial charge in [0.1, 0.15) is 5.75 Å². The van der Waals surface area contributed by atoms with E-state index < -0.39 is 0 Å². The quantitative estimate of drug-likeness (QED) is 0.517. The van der Waals surface area contributed by atoms with E-state index in [1.54, 1.807) is 7.11 Å². The number of nitrogens with zero attached hydrogens (tertiary/aromatic N) is 2. The van der Waals surface area contributed by atoms with Gasteiger partial charge in [-0.15, -0.1) is 0 Å². The molecule has 2 aromatic carbocycles. The summed E-state index contributed by atoms with van der Waals surface area (Å²) in [5.74, 6) is 1.77. The fourth-order valence-corrected chi connectivity index (χ4v) is 3.56. The standard InChI is InChI=1S/C24H34N4O2/c1-4-25-24(26-12-11-21-17-19(2)5-10-23(21)29-3)27-18-20-6-8-22(9-7-20)28-13-15-30-16-14-28/h5-10,17H,4,11-16,18H2,1-3H3,(H2,25,26,27). The molecule has 0 radical (unpaired) electrons. The molecule has 1 fully saturated rings. The van der Waals surface area contributed by atoms with Crippen LogP contribution in [-0.4, -0.2) is 52.5 Å². The molecule has 6 nitrogen and oxygen atoms in total. The molecule has 0 atom stereocenters. The zero-order valence-electron chi connectivity index (χ0n) is 18.4. The van der Waals surface area contributed by atoms with Crippen LogP contribution in [0.15, 0.2) is 47.5 Å². The minimum atomic E-state index is 0.645. The summed E-state index contributed by atoms with van der Waals surface area (Å²) >= 11 is 0. The molecule has 30 heavy (non-hydrogen) atoms. The second kappa shape index (κ2) is 11.5. The second-order valence-electron chi connectivity index (χ2n) is 7.45. The van der Waals surface area contributed by atoms with Crippen LogP contribution in [0.25, 0.3) is 0 Å². The van der Waals surface area contributed by atoms with Gasteiger partial charge in [-0.25, -0.2) is 4.99 Å². The number of nitrogens with one attached hydrogen (secondary N) is 2. The van der Waals surface area contributed by atoms with E-state index in [0.717, 1.165) is 57.5 Å². The van der Waals surface area contributed by atoms with E-state index in [2.05, 4.69) is 65.8 Å². The lowest BCUT2D eigenvalue weighted by molar-refractivity contribution is 0.122. The van der Waals surface area contributed by atoms with Crippen LogP contribution >= 0.6 is 0 Å². The Morgan fingerprint density at radius 2 is 1.87 bits per heavy atom. The molecular formula is C24H34N4O2. The summed E-state index contributed by atoms with van der Waals surface area (Å²) in [4.78, 5) is 7.11. The summed E-state index contributed by atoms with van der Waals surface area (Å²) < 4.78 is 10.9. The third-order valence-electron chi connectivity index (χ3n) is 5.20. The number of rotatable bonds is 8. The van der Waals surface area contributed by atoms with Gasteiger partial charge in [-0.05, 0) is 49.6 Å². The van der Waals surface area contributed by atoms with Gasteiger partial charge in [0.05, 0.1) is 26.9 Å². The Hall–Kier alpha value is -2.73. The molecule has 1 saturated heterocycles. The van der Waals surface area contributed by atoms with Crippen LogP contribution in [0.5, 0.6) is 5.75 Å². The van der Waals surface area contributed by atoms with Crippen LogP contribution in [0.2, 0.25) is 0 Å². The average Bonchev–Trinajstić information content (AvgIpc) is 2.78. The lowest BCUT2D eigenvalue weighted by Gasteiger charge is -2.28. The van der Waals surface area contributed by atoms with E-state index in [1.165, 1.54) is 22.4 Å². The second-order valence-corrected chi connectivity index (χ2v) is 7.45. The predicted octanol–water partition coefficient (Wildman–Crippen LogP) is 3.14. The maximum atomic E-state index is 5.48. The monoisotopic (exact) mass is 410 g/mol. The van der Waals surface area contributed by atoms with Crippen molar-refractivity contribution in [2.45, 2.75) is 26.8 Å². The summed E-state index contributed by atoms with van der Waals surface area (Å²) in [5.41, 5.74) is 4.90. The highest BCUT2D eigenvalue weighted by Gasteiger charge is 2.10. The van der Waals surface area contributed by atoms with Gasteiger partial charge in [0.2, 0.25) is 0 Å². The number of morpholine rings is 1. The Bertz CT molecular complexity index is 814. The molecule has 0 spiro atoms.